The molecule has 0 radical (unpaired) electrons. The molecule has 20 heavy (non-hydrogen) atoms. The molecule has 0 saturated heterocycles. The summed E-state index contributed by atoms with van der Waals surface area (Å²) in [5, 5.41) is 6.81. The predicted octanol–water partition coefficient (Wildman–Crippen LogP) is 1.80. The molecule has 2 heterocycles. The van der Waals surface area contributed by atoms with E-state index in [2.05, 4.69) is 22.0 Å². The van der Waals surface area contributed by atoms with E-state index in [0.29, 0.717) is 18.1 Å². The summed E-state index contributed by atoms with van der Waals surface area (Å²) in [7, 11) is 0. The standard InChI is InChI=1S/C14H16N4O2/c1-3-9-20-11(2)14(19)17-12-5-6-13(15-10-12)18-8-4-7-16-18/h3-8,10-11H,1,9H2,2H3,(H,17,19). The highest BCUT2D eigenvalue weighted by molar-refractivity contribution is 5.93. The van der Waals surface area contributed by atoms with Crippen LogP contribution in [0.4, 0.5) is 5.69 Å². The van der Waals surface area contributed by atoms with E-state index in [-0.39, 0.29) is 5.91 Å². The predicted molar refractivity (Wildman–Crippen MR) is 75.6 cm³/mol. The topological polar surface area (TPSA) is 69.0 Å². The van der Waals surface area contributed by atoms with Gasteiger partial charge in [-0.05, 0) is 25.1 Å². The van der Waals surface area contributed by atoms with E-state index in [0.717, 1.165) is 0 Å². The smallest absolute Gasteiger partial charge is 0.253 e. The van der Waals surface area contributed by atoms with Crippen molar-refractivity contribution < 1.29 is 9.53 Å². The zero-order valence-corrected chi connectivity index (χ0v) is 11.2. The summed E-state index contributed by atoms with van der Waals surface area (Å²) < 4.78 is 6.88. The number of rotatable bonds is 6. The SMILES string of the molecule is C=CCOC(C)C(=O)Nc1ccc(-n2cccn2)nc1. The zero-order chi connectivity index (χ0) is 14.4. The molecule has 0 fully saturated rings. The molecule has 1 unspecified atom stereocenters. The van der Waals surface area contributed by atoms with Crippen molar-refractivity contribution in [3.63, 3.8) is 0 Å². The molecule has 0 saturated carbocycles. The van der Waals surface area contributed by atoms with Crippen LogP contribution in [0.5, 0.6) is 0 Å². The van der Waals surface area contributed by atoms with Crippen LogP contribution in [0.3, 0.4) is 0 Å². The Morgan fingerprint density at radius 2 is 2.45 bits per heavy atom. The maximum atomic E-state index is 11.8. The van der Waals surface area contributed by atoms with E-state index in [1.807, 2.05) is 6.07 Å². The number of hydrogen-bond acceptors (Lipinski definition) is 4. The van der Waals surface area contributed by atoms with Crippen molar-refractivity contribution in [3.05, 3.63) is 49.4 Å². The lowest BCUT2D eigenvalue weighted by atomic mass is 10.3. The van der Waals surface area contributed by atoms with Crippen LogP contribution in [0.2, 0.25) is 0 Å². The van der Waals surface area contributed by atoms with Gasteiger partial charge in [-0.1, -0.05) is 6.08 Å². The van der Waals surface area contributed by atoms with E-state index >= 15 is 0 Å². The summed E-state index contributed by atoms with van der Waals surface area (Å²) in [6.07, 6.45) is 6.11. The van der Waals surface area contributed by atoms with Crippen molar-refractivity contribution >= 4 is 11.6 Å². The Hall–Kier alpha value is -2.47. The van der Waals surface area contributed by atoms with Crippen LogP contribution < -0.4 is 5.32 Å². The maximum Gasteiger partial charge on any atom is 0.253 e. The van der Waals surface area contributed by atoms with Gasteiger partial charge in [-0.3, -0.25) is 4.79 Å². The minimum atomic E-state index is -0.543. The van der Waals surface area contributed by atoms with Crippen molar-refractivity contribution in [2.75, 3.05) is 11.9 Å². The monoisotopic (exact) mass is 272 g/mol. The van der Waals surface area contributed by atoms with Crippen LogP contribution in [0, 0.1) is 0 Å². The van der Waals surface area contributed by atoms with Gasteiger partial charge in [-0.15, -0.1) is 6.58 Å². The quantitative estimate of drug-likeness (QED) is 0.814. The summed E-state index contributed by atoms with van der Waals surface area (Å²) in [6.45, 7) is 5.56. The number of carbonyl (C=O) groups excluding carboxylic acids is 1. The minimum Gasteiger partial charge on any atom is -0.365 e. The average Bonchev–Trinajstić information content (AvgIpc) is 2.99. The number of nitrogens with zero attached hydrogens (tertiary/aromatic N) is 3. The van der Waals surface area contributed by atoms with Crippen molar-refractivity contribution in [2.24, 2.45) is 0 Å². The first-order chi connectivity index (χ1) is 9.70. The second-order valence-electron chi connectivity index (χ2n) is 4.11. The molecule has 2 rings (SSSR count). The van der Waals surface area contributed by atoms with Gasteiger partial charge < -0.3 is 10.1 Å². The highest BCUT2D eigenvalue weighted by Crippen LogP contribution is 2.09. The summed E-state index contributed by atoms with van der Waals surface area (Å²) in [6, 6.07) is 5.36. The zero-order valence-electron chi connectivity index (χ0n) is 11.2. The minimum absolute atomic E-state index is 0.222. The summed E-state index contributed by atoms with van der Waals surface area (Å²) in [4.78, 5) is 16.0. The third kappa shape index (κ3) is 3.52. The number of amides is 1. The van der Waals surface area contributed by atoms with E-state index < -0.39 is 6.10 Å². The fraction of sp³-hybridized carbons (Fsp3) is 0.214. The normalized spacial score (nSPS) is 11.8. The van der Waals surface area contributed by atoms with Crippen LogP contribution in [-0.4, -0.2) is 33.4 Å². The fourth-order valence-corrected chi connectivity index (χ4v) is 1.53. The van der Waals surface area contributed by atoms with E-state index in [1.54, 1.807) is 48.4 Å². The Morgan fingerprint density at radius 3 is 3.05 bits per heavy atom. The summed E-state index contributed by atoms with van der Waals surface area (Å²) in [5.74, 6) is 0.462. The van der Waals surface area contributed by atoms with Crippen molar-refractivity contribution in [3.8, 4) is 5.82 Å². The van der Waals surface area contributed by atoms with E-state index in [1.165, 1.54) is 0 Å². The van der Waals surface area contributed by atoms with Gasteiger partial charge >= 0.3 is 0 Å². The number of carbonyl (C=O) groups is 1. The van der Waals surface area contributed by atoms with Gasteiger partial charge in [0.05, 0.1) is 18.5 Å². The highest BCUT2D eigenvalue weighted by atomic mass is 16.5. The van der Waals surface area contributed by atoms with Crippen molar-refractivity contribution in [1.82, 2.24) is 14.8 Å². The first kappa shape index (κ1) is 14.0. The van der Waals surface area contributed by atoms with Gasteiger partial charge in [0, 0.05) is 12.4 Å². The van der Waals surface area contributed by atoms with Crippen LogP contribution in [-0.2, 0) is 9.53 Å². The molecule has 6 heteroatoms. The van der Waals surface area contributed by atoms with Gasteiger partial charge in [0.25, 0.3) is 5.91 Å². The molecule has 6 nitrogen and oxygen atoms in total. The fourth-order valence-electron chi connectivity index (χ4n) is 1.53. The van der Waals surface area contributed by atoms with E-state index in [9.17, 15) is 4.79 Å². The summed E-state index contributed by atoms with van der Waals surface area (Å²) >= 11 is 0. The average molecular weight is 272 g/mol. The van der Waals surface area contributed by atoms with Gasteiger partial charge in [-0.2, -0.15) is 5.10 Å². The van der Waals surface area contributed by atoms with Gasteiger partial charge in [0.1, 0.15) is 6.10 Å². The highest BCUT2D eigenvalue weighted by Gasteiger charge is 2.12. The number of aromatic nitrogens is 3. The number of hydrogen-bond donors (Lipinski definition) is 1. The molecule has 1 N–H and O–H groups in total. The second kappa shape index (κ2) is 6.63. The molecule has 0 aliphatic carbocycles. The second-order valence-corrected chi connectivity index (χ2v) is 4.11. The number of pyridine rings is 1. The molecule has 104 valence electrons. The molecule has 2 aromatic rings. The van der Waals surface area contributed by atoms with Crippen molar-refractivity contribution in [1.29, 1.82) is 0 Å². The molecular weight excluding hydrogens is 256 g/mol. The third-order valence-electron chi connectivity index (χ3n) is 2.59. The first-order valence-corrected chi connectivity index (χ1v) is 6.20. The Balaban J connectivity index is 1.97. The largest absolute Gasteiger partial charge is 0.365 e. The Bertz CT molecular complexity index is 563. The number of nitrogens with one attached hydrogen (secondary N) is 1. The Morgan fingerprint density at radius 1 is 1.60 bits per heavy atom. The number of ether oxygens (including phenoxy) is 1. The van der Waals surface area contributed by atoms with Gasteiger partial charge in [-0.25, -0.2) is 9.67 Å². The molecule has 1 amide bonds. The van der Waals surface area contributed by atoms with Crippen LogP contribution in [0.15, 0.2) is 49.4 Å². The summed E-state index contributed by atoms with van der Waals surface area (Å²) in [5.41, 5.74) is 0.611. The Kier molecular flexibility index (Phi) is 4.62. The van der Waals surface area contributed by atoms with Crippen LogP contribution >= 0.6 is 0 Å². The van der Waals surface area contributed by atoms with Gasteiger partial charge in [0.15, 0.2) is 5.82 Å². The molecule has 0 aliphatic rings. The lowest BCUT2D eigenvalue weighted by Gasteiger charge is -2.12. The van der Waals surface area contributed by atoms with Crippen LogP contribution in [0.1, 0.15) is 6.92 Å². The number of anilines is 1. The maximum absolute atomic E-state index is 11.8. The van der Waals surface area contributed by atoms with Crippen LogP contribution in [0.25, 0.3) is 5.82 Å². The molecule has 2 aromatic heterocycles. The lowest BCUT2D eigenvalue weighted by Crippen LogP contribution is -2.27. The molecular formula is C14H16N4O2. The Labute approximate surface area is 117 Å². The van der Waals surface area contributed by atoms with Gasteiger partial charge in [0.2, 0.25) is 0 Å². The molecule has 0 aromatic carbocycles. The van der Waals surface area contributed by atoms with E-state index in [4.69, 9.17) is 4.74 Å². The molecule has 0 spiro atoms. The van der Waals surface area contributed by atoms with Crippen molar-refractivity contribution in [2.45, 2.75) is 13.0 Å². The third-order valence-corrected chi connectivity index (χ3v) is 2.59. The molecule has 1 atom stereocenters. The molecule has 0 aliphatic heterocycles. The lowest BCUT2D eigenvalue weighted by molar-refractivity contribution is -0.125. The molecule has 0 bridgehead atoms. The first-order valence-electron chi connectivity index (χ1n) is 6.20.